The molecule has 5 nitrogen and oxygen atoms in total. The molecule has 0 aliphatic carbocycles. The third-order valence-corrected chi connectivity index (χ3v) is 3.20. The highest BCUT2D eigenvalue weighted by Crippen LogP contribution is 2.22. The maximum atomic E-state index is 13.3. The number of alkyl carbamates (subject to hydrolysis) is 1. The third kappa shape index (κ3) is 4.98. The lowest BCUT2D eigenvalue weighted by Crippen LogP contribution is -2.52. The molecular weight excluding hydrogens is 263 g/mol. The maximum Gasteiger partial charge on any atom is 0.407 e. The second kappa shape index (κ2) is 8.76. The van der Waals surface area contributed by atoms with Gasteiger partial charge in [-0.25, -0.2) is 9.18 Å². The number of alkyl halides is 1. The van der Waals surface area contributed by atoms with Crippen molar-refractivity contribution in [2.45, 2.75) is 59.3 Å². The van der Waals surface area contributed by atoms with Crippen LogP contribution in [0.25, 0.3) is 0 Å². The number of methoxy groups -OCH3 is 1. The van der Waals surface area contributed by atoms with Crippen LogP contribution in [0, 0.1) is 5.92 Å². The molecule has 20 heavy (non-hydrogen) atoms. The van der Waals surface area contributed by atoms with Crippen LogP contribution in [-0.4, -0.2) is 48.8 Å². The van der Waals surface area contributed by atoms with Crippen molar-refractivity contribution >= 4 is 12.0 Å². The smallest absolute Gasteiger partial charge is 0.407 e. The molecule has 0 aromatic rings. The minimum absolute atomic E-state index is 0. The average Bonchev–Trinajstić information content (AvgIpc) is 2.75. The first-order chi connectivity index (χ1) is 9.36. The van der Waals surface area contributed by atoms with E-state index in [-0.39, 0.29) is 25.8 Å². The number of ether oxygens (including phenoxy) is 1. The Hall–Kier alpha value is -1.33. The quantitative estimate of drug-likeness (QED) is 0.870. The molecule has 0 saturated carbocycles. The van der Waals surface area contributed by atoms with Gasteiger partial charge in [0.25, 0.3) is 0 Å². The average molecular weight is 292 g/mol. The van der Waals surface area contributed by atoms with Crippen molar-refractivity contribution in [3.05, 3.63) is 0 Å². The molecule has 0 aromatic heterocycles. The molecule has 3 atom stereocenters. The highest BCUT2D eigenvalue weighted by atomic mass is 19.1. The predicted molar refractivity (Wildman–Crippen MR) is 78.3 cm³/mol. The summed E-state index contributed by atoms with van der Waals surface area (Å²) < 4.78 is 17.8. The SMILES string of the molecule is CC.COC(=O)NC(C(=O)N1CC(F)CC1C)C(C)C.[HH]. The van der Waals surface area contributed by atoms with Gasteiger partial charge in [-0.05, 0) is 12.8 Å². The van der Waals surface area contributed by atoms with Crippen molar-refractivity contribution in [1.29, 1.82) is 0 Å². The van der Waals surface area contributed by atoms with Crippen LogP contribution in [0.5, 0.6) is 0 Å². The molecule has 0 radical (unpaired) electrons. The van der Waals surface area contributed by atoms with E-state index >= 15 is 0 Å². The van der Waals surface area contributed by atoms with Crippen LogP contribution in [0.4, 0.5) is 9.18 Å². The Kier molecular flexibility index (Phi) is 8.18. The molecular formula is C14H29FN2O3. The Labute approximate surface area is 122 Å². The summed E-state index contributed by atoms with van der Waals surface area (Å²) in [5.74, 6) is -0.328. The zero-order valence-corrected chi connectivity index (χ0v) is 13.3. The number of halogens is 1. The minimum Gasteiger partial charge on any atom is -0.453 e. The van der Waals surface area contributed by atoms with Crippen LogP contribution in [-0.2, 0) is 9.53 Å². The van der Waals surface area contributed by atoms with E-state index < -0.39 is 18.3 Å². The fraction of sp³-hybridized carbons (Fsp3) is 0.857. The summed E-state index contributed by atoms with van der Waals surface area (Å²) in [5.41, 5.74) is 0. The molecule has 1 saturated heterocycles. The van der Waals surface area contributed by atoms with Gasteiger partial charge in [-0.2, -0.15) is 0 Å². The second-order valence-electron chi connectivity index (χ2n) is 5.03. The third-order valence-electron chi connectivity index (χ3n) is 3.20. The number of nitrogens with zero attached hydrogens (tertiary/aromatic N) is 1. The number of rotatable bonds is 3. The van der Waals surface area contributed by atoms with E-state index in [0.29, 0.717) is 6.42 Å². The molecule has 1 rings (SSSR count). The molecule has 0 spiro atoms. The van der Waals surface area contributed by atoms with Gasteiger partial charge in [0.2, 0.25) is 5.91 Å². The van der Waals surface area contributed by atoms with Gasteiger partial charge in [0.1, 0.15) is 12.2 Å². The van der Waals surface area contributed by atoms with E-state index in [1.54, 1.807) is 0 Å². The van der Waals surface area contributed by atoms with Gasteiger partial charge >= 0.3 is 6.09 Å². The second-order valence-corrected chi connectivity index (χ2v) is 5.03. The topological polar surface area (TPSA) is 58.6 Å². The molecule has 1 N–H and O–H groups in total. The summed E-state index contributed by atoms with van der Waals surface area (Å²) in [4.78, 5) is 25.0. The van der Waals surface area contributed by atoms with E-state index in [1.165, 1.54) is 12.0 Å². The van der Waals surface area contributed by atoms with Crippen LogP contribution >= 0.6 is 0 Å². The lowest BCUT2D eigenvalue weighted by Gasteiger charge is -2.28. The maximum absolute atomic E-state index is 13.3. The normalized spacial score (nSPS) is 22.9. The Morgan fingerprint density at radius 2 is 1.95 bits per heavy atom. The molecule has 1 heterocycles. The zero-order valence-electron chi connectivity index (χ0n) is 13.3. The number of nitrogens with one attached hydrogen (secondary N) is 1. The molecule has 0 aromatic carbocycles. The van der Waals surface area contributed by atoms with Crippen LogP contribution in [0.15, 0.2) is 0 Å². The fourth-order valence-corrected chi connectivity index (χ4v) is 2.15. The zero-order chi connectivity index (χ0) is 15.9. The number of hydrogen-bond donors (Lipinski definition) is 1. The molecule has 1 aliphatic heterocycles. The Morgan fingerprint density at radius 1 is 1.40 bits per heavy atom. The number of carbonyl (C=O) groups is 2. The van der Waals surface area contributed by atoms with Crippen molar-refractivity contribution in [2.75, 3.05) is 13.7 Å². The first-order valence-corrected chi connectivity index (χ1v) is 7.15. The Balaban J connectivity index is 0. The van der Waals surface area contributed by atoms with Crippen LogP contribution in [0.1, 0.15) is 42.5 Å². The molecule has 1 fully saturated rings. The summed E-state index contributed by atoms with van der Waals surface area (Å²) in [5, 5.41) is 2.50. The van der Waals surface area contributed by atoms with Crippen molar-refractivity contribution < 1.29 is 20.1 Å². The van der Waals surface area contributed by atoms with E-state index in [0.717, 1.165) is 0 Å². The highest BCUT2D eigenvalue weighted by molar-refractivity contribution is 5.86. The molecule has 120 valence electrons. The lowest BCUT2D eigenvalue weighted by atomic mass is 10.0. The Morgan fingerprint density at radius 3 is 2.30 bits per heavy atom. The minimum atomic E-state index is -0.977. The van der Waals surface area contributed by atoms with E-state index in [2.05, 4.69) is 10.1 Å². The first-order valence-electron chi connectivity index (χ1n) is 7.15. The number of amides is 2. The number of likely N-dealkylation sites (tertiary alicyclic amines) is 1. The largest absolute Gasteiger partial charge is 0.453 e. The summed E-state index contributed by atoms with van der Waals surface area (Å²) in [6, 6.07) is -0.807. The summed E-state index contributed by atoms with van der Waals surface area (Å²) >= 11 is 0. The van der Waals surface area contributed by atoms with Crippen molar-refractivity contribution in [1.82, 2.24) is 10.2 Å². The van der Waals surface area contributed by atoms with Gasteiger partial charge in [-0.15, -0.1) is 0 Å². The molecule has 0 bridgehead atoms. The van der Waals surface area contributed by atoms with Gasteiger partial charge < -0.3 is 15.0 Å². The van der Waals surface area contributed by atoms with Gasteiger partial charge in [0, 0.05) is 13.9 Å². The van der Waals surface area contributed by atoms with Crippen LogP contribution < -0.4 is 5.32 Å². The predicted octanol–water partition coefficient (Wildman–Crippen LogP) is 2.60. The van der Waals surface area contributed by atoms with Crippen molar-refractivity contribution in [3.63, 3.8) is 0 Å². The van der Waals surface area contributed by atoms with E-state index in [4.69, 9.17) is 0 Å². The van der Waals surface area contributed by atoms with Crippen molar-refractivity contribution in [3.8, 4) is 0 Å². The number of carbonyl (C=O) groups excluding carboxylic acids is 2. The summed E-state index contributed by atoms with van der Waals surface area (Å²) in [7, 11) is 1.24. The Bertz CT molecular complexity index is 329. The van der Waals surface area contributed by atoms with Crippen LogP contribution in [0.3, 0.4) is 0 Å². The van der Waals surface area contributed by atoms with Gasteiger partial charge in [-0.3, -0.25) is 4.79 Å². The van der Waals surface area contributed by atoms with Crippen molar-refractivity contribution in [2.24, 2.45) is 5.92 Å². The summed E-state index contributed by atoms with van der Waals surface area (Å²) in [6.45, 7) is 9.57. The fourth-order valence-electron chi connectivity index (χ4n) is 2.15. The van der Waals surface area contributed by atoms with E-state index in [9.17, 15) is 14.0 Å². The monoisotopic (exact) mass is 292 g/mol. The van der Waals surface area contributed by atoms with Gasteiger partial charge in [0.05, 0.1) is 13.7 Å². The standard InChI is InChI=1S/C12H21FN2O3.C2H6.H2/c1-7(2)10(14-12(17)18-4)11(16)15-6-9(13)5-8(15)3;1-2;/h7-10H,5-6H2,1-4H3,(H,14,17);1-2H3;1H. The molecule has 6 heteroatoms. The molecule has 1 aliphatic rings. The highest BCUT2D eigenvalue weighted by Gasteiger charge is 2.37. The van der Waals surface area contributed by atoms with Gasteiger partial charge in [-0.1, -0.05) is 27.7 Å². The van der Waals surface area contributed by atoms with Gasteiger partial charge in [0.15, 0.2) is 0 Å². The summed E-state index contributed by atoms with van der Waals surface area (Å²) in [6.07, 6.45) is -1.27. The first kappa shape index (κ1) is 18.7. The lowest BCUT2D eigenvalue weighted by molar-refractivity contribution is -0.135. The molecule has 3 unspecified atom stereocenters. The number of hydrogen-bond acceptors (Lipinski definition) is 3. The van der Waals surface area contributed by atoms with Crippen LogP contribution in [0.2, 0.25) is 0 Å². The molecule has 2 amide bonds. The van der Waals surface area contributed by atoms with E-state index in [1.807, 2.05) is 34.6 Å².